The molecule has 116 valence electrons. The maximum absolute atomic E-state index is 12.8. The number of Topliss-reactive ketones (excluding diaryl/α,β-unsaturated/α-hetero) is 1. The van der Waals surface area contributed by atoms with Gasteiger partial charge in [-0.25, -0.2) is 0 Å². The largest absolute Gasteiger partial charge is 0.416 e. The smallest absolute Gasteiger partial charge is 0.311 e. The number of halogens is 3. The van der Waals surface area contributed by atoms with Gasteiger partial charge in [0.2, 0.25) is 0 Å². The zero-order valence-corrected chi connectivity index (χ0v) is 11.8. The molecule has 1 aromatic rings. The van der Waals surface area contributed by atoms with Gasteiger partial charge >= 0.3 is 6.18 Å². The van der Waals surface area contributed by atoms with Crippen molar-refractivity contribution >= 4 is 5.78 Å². The highest BCUT2D eigenvalue weighted by molar-refractivity contribution is 6.00. The van der Waals surface area contributed by atoms with Crippen molar-refractivity contribution < 1.29 is 18.0 Å². The van der Waals surface area contributed by atoms with E-state index in [9.17, 15) is 18.0 Å². The third-order valence-electron chi connectivity index (χ3n) is 4.58. The van der Waals surface area contributed by atoms with Gasteiger partial charge in [-0.2, -0.15) is 18.4 Å². The molecule has 1 N–H and O–H groups in total. The van der Waals surface area contributed by atoms with Crippen LogP contribution >= 0.6 is 0 Å². The molecule has 3 rings (SSSR count). The average Bonchev–Trinajstić information content (AvgIpc) is 2.83. The van der Waals surface area contributed by atoms with Gasteiger partial charge in [-0.05, 0) is 43.9 Å². The summed E-state index contributed by atoms with van der Waals surface area (Å²) in [5.74, 6) is -0.629. The first-order valence-corrected chi connectivity index (χ1v) is 7.30. The zero-order valence-electron chi connectivity index (χ0n) is 11.8. The molecule has 0 saturated carbocycles. The number of fused-ring (bicyclic) bond motifs is 2. The second-order valence-electron chi connectivity index (χ2n) is 6.04. The Kier molecular flexibility index (Phi) is 3.69. The van der Waals surface area contributed by atoms with Crippen molar-refractivity contribution in [2.24, 2.45) is 5.92 Å². The van der Waals surface area contributed by atoms with Gasteiger partial charge in [0, 0.05) is 23.6 Å². The van der Waals surface area contributed by atoms with Crippen molar-refractivity contribution in [2.75, 3.05) is 0 Å². The number of piperidine rings is 1. The van der Waals surface area contributed by atoms with Gasteiger partial charge in [0.1, 0.15) is 0 Å². The van der Waals surface area contributed by atoms with Crippen LogP contribution in [-0.2, 0) is 6.18 Å². The fourth-order valence-corrected chi connectivity index (χ4v) is 3.51. The van der Waals surface area contributed by atoms with E-state index >= 15 is 0 Å². The average molecular weight is 308 g/mol. The number of hydrogen-bond donors (Lipinski definition) is 1. The van der Waals surface area contributed by atoms with Crippen molar-refractivity contribution in [1.29, 1.82) is 5.26 Å². The molecule has 2 aliphatic rings. The van der Waals surface area contributed by atoms with Gasteiger partial charge < -0.3 is 5.32 Å². The highest BCUT2D eigenvalue weighted by atomic mass is 19.4. The first-order valence-electron chi connectivity index (χ1n) is 7.30. The highest BCUT2D eigenvalue weighted by Gasteiger charge is 2.38. The minimum absolute atomic E-state index is 0.0175. The second-order valence-corrected chi connectivity index (χ2v) is 6.04. The third-order valence-corrected chi connectivity index (χ3v) is 4.58. The summed E-state index contributed by atoms with van der Waals surface area (Å²) in [6.45, 7) is 0. The van der Waals surface area contributed by atoms with E-state index in [0.717, 1.165) is 31.0 Å². The van der Waals surface area contributed by atoms with Crippen molar-refractivity contribution in [3.8, 4) is 6.07 Å². The molecule has 0 amide bonds. The normalized spacial score (nSPS) is 27.5. The van der Waals surface area contributed by atoms with Crippen molar-refractivity contribution in [3.63, 3.8) is 0 Å². The molecule has 2 unspecified atom stereocenters. The predicted octanol–water partition coefficient (Wildman–Crippen LogP) is 3.29. The summed E-state index contributed by atoms with van der Waals surface area (Å²) in [6.07, 6.45) is -1.24. The van der Waals surface area contributed by atoms with Crippen LogP contribution in [0, 0.1) is 17.2 Å². The lowest BCUT2D eigenvalue weighted by Gasteiger charge is -2.28. The first-order chi connectivity index (χ1) is 10.4. The summed E-state index contributed by atoms with van der Waals surface area (Å²) in [4.78, 5) is 12.6. The van der Waals surface area contributed by atoms with Crippen molar-refractivity contribution in [3.05, 3.63) is 34.9 Å². The summed E-state index contributed by atoms with van der Waals surface area (Å²) >= 11 is 0. The number of alkyl halides is 3. The Balaban J connectivity index is 1.92. The summed E-state index contributed by atoms with van der Waals surface area (Å²) in [7, 11) is 0. The Morgan fingerprint density at radius 3 is 2.41 bits per heavy atom. The number of hydrogen-bond acceptors (Lipinski definition) is 3. The molecule has 2 atom stereocenters. The number of carbonyl (C=O) groups excluding carboxylic acids is 1. The maximum atomic E-state index is 12.8. The van der Waals surface area contributed by atoms with Gasteiger partial charge in [0.05, 0.1) is 17.2 Å². The lowest BCUT2D eigenvalue weighted by atomic mass is 9.84. The van der Waals surface area contributed by atoms with E-state index in [4.69, 9.17) is 5.26 Å². The van der Waals surface area contributed by atoms with E-state index in [2.05, 4.69) is 5.32 Å². The number of nitriles is 1. The molecule has 0 radical (unpaired) electrons. The Labute approximate surface area is 126 Å². The molecule has 2 fully saturated rings. The van der Waals surface area contributed by atoms with Gasteiger partial charge in [-0.15, -0.1) is 0 Å². The molecule has 1 aromatic carbocycles. The maximum Gasteiger partial charge on any atom is 0.416 e. The zero-order chi connectivity index (χ0) is 15.9. The molecule has 3 nitrogen and oxygen atoms in total. The van der Waals surface area contributed by atoms with Crippen LogP contribution in [0.5, 0.6) is 0 Å². The summed E-state index contributed by atoms with van der Waals surface area (Å²) < 4.78 is 38.5. The number of carbonyl (C=O) groups is 1. The Bertz CT molecular complexity index is 636. The van der Waals surface area contributed by atoms with Gasteiger partial charge in [0.25, 0.3) is 0 Å². The molecule has 2 bridgehead atoms. The third kappa shape index (κ3) is 2.73. The Hall–Kier alpha value is -1.87. The molecule has 2 saturated heterocycles. The minimum atomic E-state index is -4.52. The minimum Gasteiger partial charge on any atom is -0.311 e. The number of nitrogens with zero attached hydrogens (tertiary/aromatic N) is 1. The van der Waals surface area contributed by atoms with E-state index < -0.39 is 11.7 Å². The molecule has 2 heterocycles. The summed E-state index contributed by atoms with van der Waals surface area (Å²) in [6, 6.07) is 5.13. The lowest BCUT2D eigenvalue weighted by Crippen LogP contribution is -2.40. The number of rotatable bonds is 2. The van der Waals surface area contributed by atoms with E-state index in [1.165, 1.54) is 0 Å². The molecule has 2 aliphatic heterocycles. The number of nitrogens with one attached hydrogen (secondary N) is 1. The van der Waals surface area contributed by atoms with Gasteiger partial charge in [-0.3, -0.25) is 4.79 Å². The predicted molar refractivity (Wildman–Crippen MR) is 73.2 cm³/mol. The monoisotopic (exact) mass is 308 g/mol. The number of benzene rings is 1. The van der Waals surface area contributed by atoms with Gasteiger partial charge in [-0.1, -0.05) is 0 Å². The molecule has 0 aromatic heterocycles. The van der Waals surface area contributed by atoms with E-state index in [-0.39, 0.29) is 34.9 Å². The van der Waals surface area contributed by atoms with Crippen LogP contribution in [0.2, 0.25) is 0 Å². The quantitative estimate of drug-likeness (QED) is 0.853. The number of ketones is 1. The van der Waals surface area contributed by atoms with Crippen LogP contribution in [0.25, 0.3) is 0 Å². The Morgan fingerprint density at radius 2 is 1.86 bits per heavy atom. The van der Waals surface area contributed by atoms with Crippen LogP contribution in [0.3, 0.4) is 0 Å². The summed E-state index contributed by atoms with van der Waals surface area (Å²) in [5, 5.41) is 12.5. The van der Waals surface area contributed by atoms with Crippen molar-refractivity contribution in [2.45, 2.75) is 43.9 Å². The first kappa shape index (κ1) is 15.0. The van der Waals surface area contributed by atoms with Crippen LogP contribution in [0.15, 0.2) is 18.2 Å². The second kappa shape index (κ2) is 5.40. The molecular formula is C16H15F3N2O. The molecular weight excluding hydrogens is 293 g/mol. The lowest BCUT2D eigenvalue weighted by molar-refractivity contribution is -0.137. The van der Waals surface area contributed by atoms with Crippen LogP contribution in [0.4, 0.5) is 13.2 Å². The topological polar surface area (TPSA) is 52.9 Å². The SMILES string of the molecule is N#Cc1ccc(C(F)(F)F)cc1C(=O)C1CC2CCC(C1)N2. The van der Waals surface area contributed by atoms with E-state index in [1.807, 2.05) is 6.07 Å². The van der Waals surface area contributed by atoms with Gasteiger partial charge in [0.15, 0.2) is 5.78 Å². The Morgan fingerprint density at radius 1 is 1.23 bits per heavy atom. The van der Waals surface area contributed by atoms with Crippen molar-refractivity contribution in [1.82, 2.24) is 5.32 Å². The molecule has 0 spiro atoms. The van der Waals surface area contributed by atoms with E-state index in [1.54, 1.807) is 0 Å². The molecule has 22 heavy (non-hydrogen) atoms. The van der Waals surface area contributed by atoms with Crippen LogP contribution < -0.4 is 5.32 Å². The highest BCUT2D eigenvalue weighted by Crippen LogP contribution is 2.35. The van der Waals surface area contributed by atoms with E-state index in [0.29, 0.717) is 12.8 Å². The fraction of sp³-hybridized carbons (Fsp3) is 0.500. The molecule has 0 aliphatic carbocycles. The van der Waals surface area contributed by atoms with Crippen LogP contribution in [-0.4, -0.2) is 17.9 Å². The molecule has 6 heteroatoms. The van der Waals surface area contributed by atoms with Crippen LogP contribution in [0.1, 0.15) is 47.2 Å². The summed E-state index contributed by atoms with van der Waals surface area (Å²) in [5.41, 5.74) is -0.959. The fourth-order valence-electron chi connectivity index (χ4n) is 3.51. The standard InChI is InChI=1S/C16H15F3N2O/c17-16(18,19)11-2-1-9(8-20)14(7-11)15(22)10-5-12-3-4-13(6-10)21-12/h1-2,7,10,12-13,21H,3-6H2.